The van der Waals surface area contributed by atoms with E-state index in [1.165, 1.54) is 24.3 Å². The molecule has 102 valence electrons. The van der Waals surface area contributed by atoms with Crippen LogP contribution in [-0.2, 0) is 6.54 Å². The third-order valence-electron chi connectivity index (χ3n) is 3.27. The Morgan fingerprint density at radius 1 is 1.20 bits per heavy atom. The van der Waals surface area contributed by atoms with E-state index in [1.807, 2.05) is 6.92 Å². The number of fused-ring (bicyclic) bond motifs is 1. The zero-order valence-electron chi connectivity index (χ0n) is 10.8. The van der Waals surface area contributed by atoms with Gasteiger partial charge in [-0.25, -0.2) is 9.37 Å². The van der Waals surface area contributed by atoms with E-state index >= 15 is 0 Å². The van der Waals surface area contributed by atoms with Gasteiger partial charge < -0.3 is 14.8 Å². The summed E-state index contributed by atoms with van der Waals surface area (Å²) >= 11 is 0. The molecule has 3 rings (SSSR count). The van der Waals surface area contributed by atoms with Gasteiger partial charge in [0.05, 0.1) is 11.1 Å². The highest BCUT2D eigenvalue weighted by molar-refractivity contribution is 5.82. The monoisotopic (exact) mass is 272 g/mol. The zero-order valence-corrected chi connectivity index (χ0v) is 10.8. The molecule has 0 fully saturated rings. The molecule has 4 nitrogen and oxygen atoms in total. The lowest BCUT2D eigenvalue weighted by Gasteiger charge is -2.08. The standard InChI is InChI=1S/C15H13FN2O2/c1-2-18-12-5-3-4-11(16)14(12)17-15(18)10-8-9(19)6-7-13(10)20/h3-8,19-20H,2H2,1H3. The maximum absolute atomic E-state index is 13.8. The Hall–Kier alpha value is -2.56. The normalized spacial score (nSPS) is 11.1. The van der Waals surface area contributed by atoms with Crippen LogP contribution in [0.1, 0.15) is 6.92 Å². The number of aromatic nitrogens is 2. The predicted octanol–water partition coefficient (Wildman–Crippen LogP) is 3.27. The third kappa shape index (κ3) is 1.79. The molecule has 0 aliphatic heterocycles. The van der Waals surface area contributed by atoms with E-state index in [2.05, 4.69) is 4.98 Å². The van der Waals surface area contributed by atoms with Gasteiger partial charge in [0.15, 0.2) is 5.82 Å². The fourth-order valence-corrected chi connectivity index (χ4v) is 2.34. The second kappa shape index (κ2) is 4.52. The average molecular weight is 272 g/mol. The third-order valence-corrected chi connectivity index (χ3v) is 3.27. The maximum atomic E-state index is 13.8. The SMILES string of the molecule is CCn1c(-c2cc(O)ccc2O)nc2c(F)cccc21. The first-order valence-corrected chi connectivity index (χ1v) is 6.29. The Labute approximate surface area is 114 Å². The van der Waals surface area contributed by atoms with Crippen molar-refractivity contribution in [3.05, 3.63) is 42.2 Å². The van der Waals surface area contributed by atoms with Crippen LogP contribution in [0.2, 0.25) is 0 Å². The van der Waals surface area contributed by atoms with E-state index < -0.39 is 5.82 Å². The molecule has 0 unspecified atom stereocenters. The summed E-state index contributed by atoms with van der Waals surface area (Å²) in [6, 6.07) is 8.94. The van der Waals surface area contributed by atoms with E-state index in [-0.39, 0.29) is 17.0 Å². The summed E-state index contributed by atoms with van der Waals surface area (Å²) in [5, 5.41) is 19.5. The van der Waals surface area contributed by atoms with Crippen molar-refractivity contribution in [1.29, 1.82) is 0 Å². The molecule has 2 aromatic carbocycles. The van der Waals surface area contributed by atoms with Crippen LogP contribution in [0.3, 0.4) is 0 Å². The highest BCUT2D eigenvalue weighted by atomic mass is 19.1. The van der Waals surface area contributed by atoms with Crippen LogP contribution in [0.25, 0.3) is 22.4 Å². The molecule has 0 saturated heterocycles. The summed E-state index contributed by atoms with van der Waals surface area (Å²) in [6.07, 6.45) is 0. The van der Waals surface area contributed by atoms with E-state index in [4.69, 9.17) is 0 Å². The highest BCUT2D eigenvalue weighted by Gasteiger charge is 2.17. The van der Waals surface area contributed by atoms with Crippen molar-refractivity contribution in [2.45, 2.75) is 13.5 Å². The second-order valence-corrected chi connectivity index (χ2v) is 4.49. The molecule has 1 heterocycles. The molecule has 0 aliphatic carbocycles. The molecule has 0 bridgehead atoms. The lowest BCUT2D eigenvalue weighted by atomic mass is 10.1. The Morgan fingerprint density at radius 2 is 2.00 bits per heavy atom. The number of imidazole rings is 1. The number of phenolic OH excluding ortho intramolecular Hbond substituents is 2. The lowest BCUT2D eigenvalue weighted by Crippen LogP contribution is -1.97. The van der Waals surface area contributed by atoms with Gasteiger partial charge in [-0.2, -0.15) is 0 Å². The molecule has 0 aliphatic rings. The second-order valence-electron chi connectivity index (χ2n) is 4.49. The van der Waals surface area contributed by atoms with Crippen LogP contribution in [-0.4, -0.2) is 19.8 Å². The lowest BCUT2D eigenvalue weighted by molar-refractivity contribution is 0.461. The fraction of sp³-hybridized carbons (Fsp3) is 0.133. The number of nitrogens with zero attached hydrogens (tertiary/aromatic N) is 2. The van der Waals surface area contributed by atoms with Crippen molar-refractivity contribution in [2.75, 3.05) is 0 Å². The van der Waals surface area contributed by atoms with Gasteiger partial charge in [0, 0.05) is 6.54 Å². The van der Waals surface area contributed by atoms with Gasteiger partial charge in [0.1, 0.15) is 22.8 Å². The number of aromatic hydroxyl groups is 2. The van der Waals surface area contributed by atoms with Gasteiger partial charge in [0.25, 0.3) is 0 Å². The molecule has 0 amide bonds. The molecule has 0 saturated carbocycles. The number of hydrogen-bond acceptors (Lipinski definition) is 3. The van der Waals surface area contributed by atoms with Gasteiger partial charge in [-0.1, -0.05) is 6.07 Å². The topological polar surface area (TPSA) is 58.3 Å². The fourth-order valence-electron chi connectivity index (χ4n) is 2.34. The molecule has 0 spiro atoms. The number of phenols is 2. The van der Waals surface area contributed by atoms with Crippen LogP contribution >= 0.6 is 0 Å². The molecule has 0 radical (unpaired) electrons. The first-order chi connectivity index (χ1) is 9.61. The molecule has 2 N–H and O–H groups in total. The number of aryl methyl sites for hydroxylation is 1. The van der Waals surface area contributed by atoms with Crippen LogP contribution in [0, 0.1) is 5.82 Å². The van der Waals surface area contributed by atoms with Gasteiger partial charge in [0.2, 0.25) is 0 Å². The largest absolute Gasteiger partial charge is 0.508 e. The summed E-state index contributed by atoms with van der Waals surface area (Å²) < 4.78 is 15.6. The van der Waals surface area contributed by atoms with Crippen molar-refractivity contribution in [2.24, 2.45) is 0 Å². The Morgan fingerprint density at radius 3 is 2.75 bits per heavy atom. The molecule has 3 aromatic rings. The average Bonchev–Trinajstić information content (AvgIpc) is 2.81. The molecule has 0 atom stereocenters. The molecule has 5 heteroatoms. The maximum Gasteiger partial charge on any atom is 0.151 e. The van der Waals surface area contributed by atoms with Crippen LogP contribution in [0.4, 0.5) is 4.39 Å². The Kier molecular flexibility index (Phi) is 2.82. The first-order valence-electron chi connectivity index (χ1n) is 6.29. The smallest absolute Gasteiger partial charge is 0.151 e. The van der Waals surface area contributed by atoms with Gasteiger partial charge >= 0.3 is 0 Å². The van der Waals surface area contributed by atoms with E-state index in [0.717, 1.165) is 0 Å². The summed E-state index contributed by atoms with van der Waals surface area (Å²) in [7, 11) is 0. The predicted molar refractivity (Wildman–Crippen MR) is 74.1 cm³/mol. The first kappa shape index (κ1) is 12.5. The summed E-state index contributed by atoms with van der Waals surface area (Å²) in [6.45, 7) is 2.49. The number of halogens is 1. The molecule has 20 heavy (non-hydrogen) atoms. The van der Waals surface area contributed by atoms with Crippen LogP contribution < -0.4 is 0 Å². The minimum absolute atomic E-state index is 0.00628. The zero-order chi connectivity index (χ0) is 14.3. The van der Waals surface area contributed by atoms with Gasteiger partial charge in [-0.15, -0.1) is 0 Å². The van der Waals surface area contributed by atoms with E-state index in [1.54, 1.807) is 16.7 Å². The van der Waals surface area contributed by atoms with Crippen LogP contribution in [0.5, 0.6) is 11.5 Å². The van der Waals surface area contributed by atoms with Crippen molar-refractivity contribution in [3.8, 4) is 22.9 Å². The van der Waals surface area contributed by atoms with Gasteiger partial charge in [-0.3, -0.25) is 0 Å². The van der Waals surface area contributed by atoms with Crippen molar-refractivity contribution >= 4 is 11.0 Å². The molecule has 1 aromatic heterocycles. The minimum Gasteiger partial charge on any atom is -0.508 e. The number of para-hydroxylation sites is 1. The summed E-state index contributed by atoms with van der Waals surface area (Å²) in [4.78, 5) is 4.27. The van der Waals surface area contributed by atoms with Crippen molar-refractivity contribution < 1.29 is 14.6 Å². The van der Waals surface area contributed by atoms with E-state index in [0.29, 0.717) is 23.4 Å². The van der Waals surface area contributed by atoms with Gasteiger partial charge in [-0.05, 0) is 37.3 Å². The summed E-state index contributed by atoms with van der Waals surface area (Å²) in [5.74, 6) is 0.0396. The summed E-state index contributed by atoms with van der Waals surface area (Å²) in [5.41, 5.74) is 1.29. The number of rotatable bonds is 2. The number of benzene rings is 2. The van der Waals surface area contributed by atoms with Crippen molar-refractivity contribution in [1.82, 2.24) is 9.55 Å². The van der Waals surface area contributed by atoms with Crippen molar-refractivity contribution in [3.63, 3.8) is 0 Å². The molecular weight excluding hydrogens is 259 g/mol. The van der Waals surface area contributed by atoms with Crippen LogP contribution in [0.15, 0.2) is 36.4 Å². The molecular formula is C15H13FN2O2. The van der Waals surface area contributed by atoms with E-state index in [9.17, 15) is 14.6 Å². The Balaban J connectivity index is 2.36. The highest BCUT2D eigenvalue weighted by Crippen LogP contribution is 2.34. The quantitative estimate of drug-likeness (QED) is 0.704. The Bertz CT molecular complexity index is 796. The number of hydrogen-bond donors (Lipinski definition) is 2. The minimum atomic E-state index is -0.407.